The number of thiophene rings is 1. The van der Waals surface area contributed by atoms with E-state index in [-0.39, 0.29) is 11.6 Å². The number of carbonyl (C=O) groups is 1. The molecule has 31 heavy (non-hydrogen) atoms. The molecule has 0 radical (unpaired) electrons. The molecule has 0 unspecified atom stereocenters. The minimum atomic E-state index is -0.468. The smallest absolute Gasteiger partial charge is 0.324 e. The number of hydrazone groups is 1. The highest BCUT2D eigenvalue weighted by Crippen LogP contribution is 2.31. The summed E-state index contributed by atoms with van der Waals surface area (Å²) >= 11 is 5.70. The van der Waals surface area contributed by atoms with Crippen LogP contribution in [0.25, 0.3) is 10.2 Å². The van der Waals surface area contributed by atoms with Crippen molar-refractivity contribution in [1.29, 1.82) is 0 Å². The van der Waals surface area contributed by atoms with Crippen molar-refractivity contribution >= 4 is 71.1 Å². The number of nitrogens with zero attached hydrogens (tertiary/aromatic N) is 4. The minimum Gasteiger partial charge on any atom is -0.484 e. The molecule has 0 atom stereocenters. The fourth-order valence-corrected chi connectivity index (χ4v) is 4.73. The van der Waals surface area contributed by atoms with Crippen molar-refractivity contribution in [3.05, 3.63) is 80.1 Å². The molecule has 0 saturated carbocycles. The number of anilines is 1. The zero-order valence-electron chi connectivity index (χ0n) is 15.7. The second-order valence-corrected chi connectivity index (χ2v) is 9.11. The van der Waals surface area contributed by atoms with Crippen LogP contribution in [-0.2, 0) is 4.79 Å². The molecular weight excluding hydrogens is 504 g/mol. The first kappa shape index (κ1) is 21.1. The summed E-state index contributed by atoms with van der Waals surface area (Å²) in [7, 11) is 0. The lowest BCUT2D eigenvalue weighted by atomic mass is 10.3. The van der Waals surface area contributed by atoms with Gasteiger partial charge in [0.2, 0.25) is 5.13 Å². The second-order valence-electron chi connectivity index (χ2n) is 6.09. The van der Waals surface area contributed by atoms with E-state index in [4.69, 9.17) is 4.74 Å². The molecule has 0 N–H and O–H groups in total. The number of amides is 1. The Morgan fingerprint density at radius 3 is 2.74 bits per heavy atom. The Morgan fingerprint density at radius 1 is 1.19 bits per heavy atom. The third-order valence-electron chi connectivity index (χ3n) is 3.96. The molecule has 0 bridgehead atoms. The van der Waals surface area contributed by atoms with Gasteiger partial charge in [-0.1, -0.05) is 56.8 Å². The first-order valence-electron chi connectivity index (χ1n) is 8.85. The van der Waals surface area contributed by atoms with Crippen LogP contribution in [0.1, 0.15) is 4.88 Å². The van der Waals surface area contributed by atoms with Gasteiger partial charge in [0.1, 0.15) is 5.75 Å². The molecule has 4 rings (SSSR count). The van der Waals surface area contributed by atoms with Crippen molar-refractivity contribution in [2.45, 2.75) is 0 Å². The summed E-state index contributed by atoms with van der Waals surface area (Å²) in [4.78, 5) is 28.4. The Hall–Kier alpha value is -3.15. The van der Waals surface area contributed by atoms with E-state index in [1.807, 2.05) is 36.4 Å². The molecule has 8 nitrogen and oxygen atoms in total. The lowest BCUT2D eigenvalue weighted by molar-refractivity contribution is -0.380. The van der Waals surface area contributed by atoms with E-state index in [0.717, 1.165) is 31.0 Å². The van der Waals surface area contributed by atoms with Gasteiger partial charge >= 0.3 is 5.00 Å². The summed E-state index contributed by atoms with van der Waals surface area (Å²) in [6.45, 7) is -0.244. The Balaban J connectivity index is 1.62. The van der Waals surface area contributed by atoms with E-state index >= 15 is 0 Å². The number of hydrogen-bond acceptors (Lipinski definition) is 8. The van der Waals surface area contributed by atoms with Crippen molar-refractivity contribution in [3.63, 3.8) is 0 Å². The minimum absolute atomic E-state index is 0.00317. The topological polar surface area (TPSA) is 97.9 Å². The number of benzene rings is 2. The predicted molar refractivity (Wildman–Crippen MR) is 125 cm³/mol. The van der Waals surface area contributed by atoms with E-state index in [2.05, 4.69) is 26.0 Å². The Morgan fingerprint density at radius 2 is 2.00 bits per heavy atom. The van der Waals surface area contributed by atoms with Gasteiger partial charge in [-0.3, -0.25) is 14.9 Å². The van der Waals surface area contributed by atoms with Gasteiger partial charge in [-0.05, 0) is 36.4 Å². The summed E-state index contributed by atoms with van der Waals surface area (Å²) < 4.78 is 7.35. The van der Waals surface area contributed by atoms with Crippen LogP contribution in [0.15, 0.2) is 70.2 Å². The van der Waals surface area contributed by atoms with Crippen molar-refractivity contribution in [1.82, 2.24) is 4.98 Å². The van der Waals surface area contributed by atoms with Crippen LogP contribution in [-0.4, -0.2) is 28.6 Å². The molecule has 0 fully saturated rings. The first-order valence-corrected chi connectivity index (χ1v) is 11.3. The zero-order valence-corrected chi connectivity index (χ0v) is 18.9. The number of rotatable bonds is 7. The highest BCUT2D eigenvalue weighted by molar-refractivity contribution is 9.10. The number of hydrogen-bond donors (Lipinski definition) is 0. The second kappa shape index (κ2) is 9.33. The number of nitro groups is 1. The molecule has 4 aromatic rings. The van der Waals surface area contributed by atoms with Gasteiger partial charge in [0.15, 0.2) is 6.61 Å². The van der Waals surface area contributed by atoms with Crippen molar-refractivity contribution < 1.29 is 14.5 Å². The van der Waals surface area contributed by atoms with Crippen LogP contribution in [0.3, 0.4) is 0 Å². The Kier molecular flexibility index (Phi) is 6.35. The van der Waals surface area contributed by atoms with E-state index in [0.29, 0.717) is 15.8 Å². The quantitative estimate of drug-likeness (QED) is 0.184. The first-order chi connectivity index (χ1) is 15.0. The molecule has 156 valence electrons. The van der Waals surface area contributed by atoms with Gasteiger partial charge in [0.25, 0.3) is 5.91 Å². The van der Waals surface area contributed by atoms with Gasteiger partial charge in [-0.15, -0.1) is 0 Å². The van der Waals surface area contributed by atoms with Crippen molar-refractivity contribution in [2.75, 3.05) is 11.6 Å². The molecule has 0 aliphatic rings. The standard InChI is InChI=1S/C20H13BrN4O4S2/c21-13-6-8-16-17(10-13)31-20(23-16)24(18(26)12-29-14-4-2-1-3-5-14)22-11-15-7-9-19(30-15)25(27)28/h1-11H,12H2/b22-11+. The average molecular weight is 517 g/mol. The number of carbonyl (C=O) groups excluding carboxylic acids is 1. The van der Waals surface area contributed by atoms with Gasteiger partial charge in [0.05, 0.1) is 26.2 Å². The van der Waals surface area contributed by atoms with Crippen molar-refractivity contribution in [3.8, 4) is 5.75 Å². The number of fused-ring (bicyclic) bond motifs is 1. The number of aromatic nitrogens is 1. The average Bonchev–Trinajstić information content (AvgIpc) is 3.40. The molecule has 1 amide bonds. The summed E-state index contributed by atoms with van der Waals surface area (Å²) in [6, 6.07) is 17.6. The Labute approximate surface area is 192 Å². The van der Waals surface area contributed by atoms with E-state index in [9.17, 15) is 14.9 Å². The normalized spacial score (nSPS) is 11.1. The van der Waals surface area contributed by atoms with Crippen LogP contribution in [0.4, 0.5) is 10.1 Å². The van der Waals surface area contributed by atoms with E-state index < -0.39 is 10.8 Å². The maximum absolute atomic E-state index is 12.9. The van der Waals surface area contributed by atoms with E-state index in [1.165, 1.54) is 23.6 Å². The van der Waals surface area contributed by atoms with Crippen molar-refractivity contribution in [2.24, 2.45) is 5.10 Å². The molecule has 0 saturated heterocycles. The summed E-state index contributed by atoms with van der Waals surface area (Å²) in [5, 5.41) is 16.7. The van der Waals surface area contributed by atoms with Gasteiger partial charge in [-0.2, -0.15) is 10.1 Å². The van der Waals surface area contributed by atoms with Crippen LogP contribution < -0.4 is 9.75 Å². The van der Waals surface area contributed by atoms with E-state index in [1.54, 1.807) is 18.2 Å². The third kappa shape index (κ3) is 5.13. The molecule has 0 aliphatic heterocycles. The molecule has 2 heterocycles. The molecule has 2 aromatic carbocycles. The summed E-state index contributed by atoms with van der Waals surface area (Å²) in [5.41, 5.74) is 0.729. The van der Waals surface area contributed by atoms with Gasteiger partial charge in [-0.25, -0.2) is 4.98 Å². The maximum Gasteiger partial charge on any atom is 0.324 e. The number of para-hydroxylation sites is 1. The van der Waals surface area contributed by atoms with Gasteiger partial charge < -0.3 is 4.74 Å². The monoisotopic (exact) mass is 516 g/mol. The molecule has 0 aliphatic carbocycles. The SMILES string of the molecule is O=C(COc1ccccc1)N(/N=C/c1ccc([N+](=O)[O-])s1)c1nc2ccc(Br)cc2s1. The van der Waals surface area contributed by atoms with Crippen LogP contribution in [0.2, 0.25) is 0 Å². The maximum atomic E-state index is 12.9. The molecule has 11 heteroatoms. The predicted octanol–water partition coefficient (Wildman–Crippen LogP) is 5.47. The highest BCUT2D eigenvalue weighted by Gasteiger charge is 2.20. The summed E-state index contributed by atoms with van der Waals surface area (Å²) in [5.74, 6) is 0.131. The van der Waals surface area contributed by atoms with Gasteiger partial charge in [0, 0.05) is 10.5 Å². The lowest BCUT2D eigenvalue weighted by Crippen LogP contribution is -2.30. The molecular formula is C20H13BrN4O4S2. The Bertz CT molecular complexity index is 1270. The van der Waals surface area contributed by atoms with Crippen LogP contribution >= 0.6 is 38.6 Å². The fraction of sp³-hybridized carbons (Fsp3) is 0.0500. The van der Waals surface area contributed by atoms with Crippen LogP contribution in [0, 0.1) is 10.1 Å². The lowest BCUT2D eigenvalue weighted by Gasteiger charge is -2.14. The van der Waals surface area contributed by atoms with Crippen LogP contribution in [0.5, 0.6) is 5.75 Å². The highest BCUT2D eigenvalue weighted by atomic mass is 79.9. The largest absolute Gasteiger partial charge is 0.484 e. The fourth-order valence-electron chi connectivity index (χ4n) is 2.54. The summed E-state index contributed by atoms with van der Waals surface area (Å²) in [6.07, 6.45) is 1.40. The number of halogens is 1. The molecule has 0 spiro atoms. The molecule has 2 aromatic heterocycles. The number of thiazole rings is 1. The number of ether oxygens (including phenoxy) is 1. The zero-order chi connectivity index (χ0) is 21.8. The third-order valence-corrected chi connectivity index (χ3v) is 6.41.